The highest BCUT2D eigenvalue weighted by molar-refractivity contribution is 6.51. The van der Waals surface area contributed by atoms with E-state index in [4.69, 9.17) is 0 Å². The molecule has 1 amide bonds. The van der Waals surface area contributed by atoms with Crippen LogP contribution in [-0.2, 0) is 16.6 Å². The summed E-state index contributed by atoms with van der Waals surface area (Å²) < 4.78 is 18.1. The van der Waals surface area contributed by atoms with Gasteiger partial charge in [-0.1, -0.05) is 66.7 Å². The number of halogens is 1. The first-order valence-electron chi connectivity index (χ1n) is 11.3. The van der Waals surface area contributed by atoms with Crippen molar-refractivity contribution in [1.29, 1.82) is 0 Å². The van der Waals surface area contributed by atoms with Crippen molar-refractivity contribution >= 4 is 23.1 Å². The van der Waals surface area contributed by atoms with Crippen LogP contribution in [0.25, 0.3) is 11.4 Å². The molecule has 1 saturated heterocycles. The van der Waals surface area contributed by atoms with Crippen molar-refractivity contribution in [2.75, 3.05) is 4.90 Å². The van der Waals surface area contributed by atoms with Crippen molar-refractivity contribution in [3.05, 3.63) is 123 Å². The van der Waals surface area contributed by atoms with Gasteiger partial charge in [0.05, 0.1) is 23.0 Å². The molecule has 0 unspecified atom stereocenters. The van der Waals surface area contributed by atoms with Gasteiger partial charge < -0.3 is 5.11 Å². The number of benzene rings is 3. The lowest BCUT2D eigenvalue weighted by Gasteiger charge is -2.24. The lowest BCUT2D eigenvalue weighted by molar-refractivity contribution is -0.132. The molecule has 4 aromatic rings. The highest BCUT2D eigenvalue weighted by Crippen LogP contribution is 2.43. The molecule has 1 atom stereocenters. The van der Waals surface area contributed by atoms with E-state index in [1.165, 1.54) is 22.9 Å². The molecule has 7 nitrogen and oxygen atoms in total. The van der Waals surface area contributed by atoms with Gasteiger partial charge in [-0.05, 0) is 25.1 Å². The maximum Gasteiger partial charge on any atom is 0.300 e. The zero-order valence-electron chi connectivity index (χ0n) is 19.6. The van der Waals surface area contributed by atoms with Gasteiger partial charge in [0.1, 0.15) is 17.3 Å². The minimum absolute atomic E-state index is 0.0110. The maximum atomic E-state index is 15.1. The Hall–Kier alpha value is -4.72. The van der Waals surface area contributed by atoms with Crippen molar-refractivity contribution in [1.82, 2.24) is 9.36 Å². The highest BCUT2D eigenvalue weighted by Gasteiger charge is 2.49. The molecule has 0 aliphatic carbocycles. The van der Waals surface area contributed by atoms with Crippen LogP contribution in [0.5, 0.6) is 0 Å². The van der Waals surface area contributed by atoms with Crippen molar-refractivity contribution < 1.29 is 19.1 Å². The van der Waals surface area contributed by atoms with E-state index < -0.39 is 34.9 Å². The number of nitrogens with zero attached hydrogens (tertiary/aromatic N) is 3. The monoisotopic (exact) mass is 483 g/mol. The molecule has 1 aromatic heterocycles. The Kier molecular flexibility index (Phi) is 5.64. The van der Waals surface area contributed by atoms with E-state index in [0.717, 1.165) is 4.90 Å². The molecule has 1 aliphatic rings. The molecule has 8 heteroatoms. The quantitative estimate of drug-likeness (QED) is 0.267. The van der Waals surface area contributed by atoms with E-state index in [2.05, 4.69) is 0 Å². The summed E-state index contributed by atoms with van der Waals surface area (Å²) in [5.41, 5.74) is 0.332. The third kappa shape index (κ3) is 3.46. The Balaban J connectivity index is 1.81. The second-order valence-corrected chi connectivity index (χ2v) is 8.47. The minimum atomic E-state index is -1.34. The zero-order chi connectivity index (χ0) is 25.6. The summed E-state index contributed by atoms with van der Waals surface area (Å²) in [4.78, 5) is 41.5. The number of hydrogen-bond acceptors (Lipinski definition) is 4. The van der Waals surface area contributed by atoms with Crippen LogP contribution in [0.1, 0.15) is 22.9 Å². The fourth-order valence-corrected chi connectivity index (χ4v) is 4.64. The number of ketones is 1. The molecule has 0 bridgehead atoms. The molecule has 5 rings (SSSR count). The summed E-state index contributed by atoms with van der Waals surface area (Å²) in [6, 6.07) is 21.4. The summed E-state index contributed by atoms with van der Waals surface area (Å²) in [5.74, 6) is -3.14. The SMILES string of the molecule is Cc1c(N2C(=O)C(=O)C(=C(O)c3ccccc3)[C@H]2c2ccccc2F)c(=O)n(-c2ccccc2)n1C. The number of rotatable bonds is 4. The summed E-state index contributed by atoms with van der Waals surface area (Å²) in [6.07, 6.45) is 0. The average molecular weight is 483 g/mol. The van der Waals surface area contributed by atoms with Crippen LogP contribution < -0.4 is 10.5 Å². The van der Waals surface area contributed by atoms with Crippen LogP contribution in [0.4, 0.5) is 10.1 Å². The van der Waals surface area contributed by atoms with E-state index in [1.807, 2.05) is 6.07 Å². The minimum Gasteiger partial charge on any atom is -0.507 e. The molecule has 3 aromatic carbocycles. The number of anilines is 1. The molecule has 2 heterocycles. The van der Waals surface area contributed by atoms with Crippen molar-refractivity contribution in [2.45, 2.75) is 13.0 Å². The first kappa shape index (κ1) is 23.0. The highest BCUT2D eigenvalue weighted by atomic mass is 19.1. The smallest absolute Gasteiger partial charge is 0.300 e. The van der Waals surface area contributed by atoms with Crippen LogP contribution in [-0.4, -0.2) is 26.2 Å². The molecular weight excluding hydrogens is 461 g/mol. The Morgan fingerprint density at radius 1 is 0.861 bits per heavy atom. The molecule has 0 radical (unpaired) electrons. The van der Waals surface area contributed by atoms with E-state index in [1.54, 1.807) is 79.3 Å². The molecular formula is C28H22FN3O4. The van der Waals surface area contributed by atoms with Crippen LogP contribution in [0.3, 0.4) is 0 Å². The molecule has 1 fully saturated rings. The lowest BCUT2D eigenvalue weighted by atomic mass is 9.95. The topological polar surface area (TPSA) is 84.5 Å². The maximum absolute atomic E-state index is 15.1. The Morgan fingerprint density at radius 2 is 1.44 bits per heavy atom. The predicted octanol–water partition coefficient (Wildman–Crippen LogP) is 4.25. The van der Waals surface area contributed by atoms with E-state index in [-0.39, 0.29) is 16.8 Å². The largest absolute Gasteiger partial charge is 0.507 e. The van der Waals surface area contributed by atoms with Gasteiger partial charge in [-0.15, -0.1) is 0 Å². The van der Waals surface area contributed by atoms with Gasteiger partial charge >= 0.3 is 0 Å². The first-order chi connectivity index (χ1) is 17.3. The Labute approximate surface area is 205 Å². The summed E-state index contributed by atoms with van der Waals surface area (Å²) in [5, 5.41) is 11.1. The van der Waals surface area contributed by atoms with Crippen LogP contribution in [0.2, 0.25) is 0 Å². The lowest BCUT2D eigenvalue weighted by Crippen LogP contribution is -2.34. The van der Waals surface area contributed by atoms with Gasteiger partial charge in [0.25, 0.3) is 17.2 Å². The van der Waals surface area contributed by atoms with Crippen LogP contribution in [0.15, 0.2) is 95.3 Å². The van der Waals surface area contributed by atoms with Gasteiger partial charge in [-0.2, -0.15) is 0 Å². The van der Waals surface area contributed by atoms with E-state index in [9.17, 15) is 19.5 Å². The fourth-order valence-electron chi connectivity index (χ4n) is 4.64. The summed E-state index contributed by atoms with van der Waals surface area (Å²) in [7, 11) is 1.66. The van der Waals surface area contributed by atoms with Crippen molar-refractivity contribution in [2.24, 2.45) is 7.05 Å². The van der Waals surface area contributed by atoms with Gasteiger partial charge in [-0.3, -0.25) is 24.0 Å². The number of Topliss-reactive ketones (excluding diaryl/α,β-unsaturated/α-hetero) is 1. The van der Waals surface area contributed by atoms with Crippen molar-refractivity contribution in [3.63, 3.8) is 0 Å². The fraction of sp³-hybridized carbons (Fsp3) is 0.107. The van der Waals surface area contributed by atoms with Crippen LogP contribution >= 0.6 is 0 Å². The van der Waals surface area contributed by atoms with Gasteiger partial charge in [-0.25, -0.2) is 9.07 Å². The van der Waals surface area contributed by atoms with Crippen molar-refractivity contribution in [3.8, 4) is 5.69 Å². The molecule has 180 valence electrons. The number of hydrogen-bond donors (Lipinski definition) is 1. The molecule has 0 saturated carbocycles. The molecule has 1 aliphatic heterocycles. The number of aliphatic hydroxyl groups excluding tert-OH is 1. The third-order valence-electron chi connectivity index (χ3n) is 6.46. The van der Waals surface area contributed by atoms with Gasteiger partial charge in [0.2, 0.25) is 0 Å². The van der Waals surface area contributed by atoms with E-state index >= 15 is 4.39 Å². The number of carbonyl (C=O) groups excluding carboxylic acids is 2. The zero-order valence-corrected chi connectivity index (χ0v) is 19.6. The van der Waals surface area contributed by atoms with E-state index in [0.29, 0.717) is 16.9 Å². The number of aromatic nitrogens is 2. The second kappa shape index (κ2) is 8.81. The number of amides is 1. The summed E-state index contributed by atoms with van der Waals surface area (Å²) in [6.45, 7) is 1.64. The first-order valence-corrected chi connectivity index (χ1v) is 11.3. The Morgan fingerprint density at radius 3 is 2.08 bits per heavy atom. The molecule has 1 N–H and O–H groups in total. The standard InChI is InChI=1S/C28H22FN3O4/c1-17-23(27(35)32(30(17)2)19-13-7-4-8-14-19)31-24(20-15-9-10-16-21(20)29)22(26(34)28(31)36)25(33)18-11-5-3-6-12-18/h3-16,24,33H,1-2H3/t24-/m1/s1. The van der Waals surface area contributed by atoms with Crippen LogP contribution in [0, 0.1) is 12.7 Å². The predicted molar refractivity (Wildman–Crippen MR) is 133 cm³/mol. The number of para-hydroxylation sites is 1. The number of aliphatic hydroxyl groups is 1. The molecule has 0 spiro atoms. The van der Waals surface area contributed by atoms with Gasteiger partial charge in [0.15, 0.2) is 0 Å². The normalized spacial score (nSPS) is 17.1. The van der Waals surface area contributed by atoms with Gasteiger partial charge in [0, 0.05) is 18.2 Å². The Bertz CT molecular complexity index is 1590. The average Bonchev–Trinajstić information content (AvgIpc) is 3.27. The summed E-state index contributed by atoms with van der Waals surface area (Å²) >= 11 is 0. The molecule has 36 heavy (non-hydrogen) atoms. The second-order valence-electron chi connectivity index (χ2n) is 8.47. The third-order valence-corrected chi connectivity index (χ3v) is 6.46. The number of carbonyl (C=O) groups is 2.